The topological polar surface area (TPSA) is 49.3 Å². The first kappa shape index (κ1) is 15.1. The van der Waals surface area contributed by atoms with Crippen LogP contribution in [-0.2, 0) is 11.2 Å². The van der Waals surface area contributed by atoms with Crippen molar-refractivity contribution in [2.45, 2.75) is 38.8 Å². The highest BCUT2D eigenvalue weighted by Gasteiger charge is 2.47. The SMILES string of the molecule is Cc1cccc(CC(=O)N2C3CC2CN(c2cc(C)ncn2)C3)c1. The lowest BCUT2D eigenvalue weighted by Crippen LogP contribution is -2.70. The molecule has 2 atom stereocenters. The zero-order valence-corrected chi connectivity index (χ0v) is 14.1. The molecule has 1 aromatic heterocycles. The largest absolute Gasteiger partial charge is 0.352 e. The van der Waals surface area contributed by atoms with Crippen molar-refractivity contribution in [1.82, 2.24) is 14.9 Å². The smallest absolute Gasteiger partial charge is 0.227 e. The fourth-order valence-electron chi connectivity index (χ4n) is 3.91. The maximum absolute atomic E-state index is 12.7. The number of piperazine rings is 1. The molecule has 0 N–H and O–H groups in total. The van der Waals surface area contributed by atoms with Gasteiger partial charge in [-0.05, 0) is 25.8 Å². The van der Waals surface area contributed by atoms with Gasteiger partial charge in [0.1, 0.15) is 12.1 Å². The number of piperidine rings is 1. The first-order valence-electron chi connectivity index (χ1n) is 8.50. The van der Waals surface area contributed by atoms with E-state index in [1.807, 2.05) is 25.1 Å². The Labute approximate surface area is 142 Å². The third kappa shape index (κ3) is 2.75. The highest BCUT2D eigenvalue weighted by molar-refractivity contribution is 5.81. The normalized spacial score (nSPS) is 22.2. The highest BCUT2D eigenvalue weighted by Crippen LogP contribution is 2.34. The number of hydrogen-bond acceptors (Lipinski definition) is 4. The Morgan fingerprint density at radius 3 is 2.67 bits per heavy atom. The van der Waals surface area contributed by atoms with E-state index in [1.165, 1.54) is 5.56 Å². The van der Waals surface area contributed by atoms with Crippen LogP contribution in [0.5, 0.6) is 0 Å². The van der Waals surface area contributed by atoms with E-state index in [1.54, 1.807) is 6.33 Å². The van der Waals surface area contributed by atoms with Gasteiger partial charge in [0.25, 0.3) is 0 Å². The summed E-state index contributed by atoms with van der Waals surface area (Å²) in [6.45, 7) is 5.78. The summed E-state index contributed by atoms with van der Waals surface area (Å²) >= 11 is 0. The van der Waals surface area contributed by atoms with Gasteiger partial charge in [0.05, 0.1) is 18.5 Å². The first-order chi connectivity index (χ1) is 11.6. The van der Waals surface area contributed by atoms with E-state index in [9.17, 15) is 4.79 Å². The van der Waals surface area contributed by atoms with Crippen molar-refractivity contribution in [1.29, 1.82) is 0 Å². The van der Waals surface area contributed by atoms with Gasteiger partial charge in [-0.1, -0.05) is 29.8 Å². The Balaban J connectivity index is 1.42. The molecular formula is C19H22N4O. The molecule has 124 valence electrons. The molecule has 24 heavy (non-hydrogen) atoms. The Bertz CT molecular complexity index is 763. The number of aryl methyl sites for hydroxylation is 2. The van der Waals surface area contributed by atoms with Crippen molar-refractivity contribution in [3.63, 3.8) is 0 Å². The van der Waals surface area contributed by atoms with Crippen molar-refractivity contribution in [3.05, 3.63) is 53.5 Å². The second kappa shape index (κ2) is 5.89. The Kier molecular flexibility index (Phi) is 3.71. The van der Waals surface area contributed by atoms with Crippen molar-refractivity contribution in [2.24, 2.45) is 0 Å². The molecule has 2 bridgehead atoms. The minimum atomic E-state index is 0.250. The van der Waals surface area contributed by atoms with Crippen LogP contribution in [-0.4, -0.2) is 45.9 Å². The summed E-state index contributed by atoms with van der Waals surface area (Å²) in [5, 5.41) is 0. The molecule has 1 aromatic carbocycles. The summed E-state index contributed by atoms with van der Waals surface area (Å²) in [6, 6.07) is 10.9. The molecule has 2 unspecified atom stereocenters. The summed E-state index contributed by atoms with van der Waals surface area (Å²) in [7, 11) is 0. The second-order valence-corrected chi connectivity index (χ2v) is 6.93. The molecule has 5 nitrogen and oxygen atoms in total. The van der Waals surface area contributed by atoms with Crippen LogP contribution >= 0.6 is 0 Å². The molecule has 5 rings (SSSR count). The minimum Gasteiger partial charge on any atom is -0.352 e. The zero-order chi connectivity index (χ0) is 16.7. The second-order valence-electron chi connectivity index (χ2n) is 6.93. The lowest BCUT2D eigenvalue weighted by Gasteiger charge is -2.56. The molecule has 4 heterocycles. The number of anilines is 1. The minimum absolute atomic E-state index is 0.250. The van der Waals surface area contributed by atoms with E-state index in [4.69, 9.17) is 0 Å². The molecule has 0 saturated carbocycles. The maximum Gasteiger partial charge on any atom is 0.227 e. The number of carbonyl (C=O) groups is 1. The standard InChI is InChI=1S/C19H22N4O/c1-13-4-3-5-15(6-13)8-19(24)23-16-9-17(23)11-22(10-16)18-7-14(2)20-12-21-18/h3-7,12,16-17H,8-11H2,1-2H3. The number of aromatic nitrogens is 2. The van der Waals surface area contributed by atoms with Crippen LogP contribution in [0, 0.1) is 13.8 Å². The predicted molar refractivity (Wildman–Crippen MR) is 92.9 cm³/mol. The Morgan fingerprint density at radius 2 is 1.96 bits per heavy atom. The van der Waals surface area contributed by atoms with Gasteiger partial charge < -0.3 is 9.80 Å². The summed E-state index contributed by atoms with van der Waals surface area (Å²) in [5.74, 6) is 1.23. The molecule has 0 aliphatic carbocycles. The van der Waals surface area contributed by atoms with Gasteiger partial charge in [0, 0.05) is 24.8 Å². The number of rotatable bonds is 3. The summed E-state index contributed by atoms with van der Waals surface area (Å²) in [5.41, 5.74) is 3.29. The molecule has 3 fully saturated rings. The molecule has 3 aliphatic rings. The van der Waals surface area contributed by atoms with Crippen LogP contribution in [0.3, 0.4) is 0 Å². The third-order valence-electron chi connectivity index (χ3n) is 5.03. The van der Waals surface area contributed by atoms with Gasteiger partial charge in [0.15, 0.2) is 0 Å². The summed E-state index contributed by atoms with van der Waals surface area (Å²) in [4.78, 5) is 25.6. The van der Waals surface area contributed by atoms with Crippen LogP contribution < -0.4 is 4.90 Å². The molecule has 0 spiro atoms. The summed E-state index contributed by atoms with van der Waals surface area (Å²) in [6.07, 6.45) is 3.23. The number of hydrogen-bond donors (Lipinski definition) is 0. The highest BCUT2D eigenvalue weighted by atomic mass is 16.2. The average Bonchev–Trinajstić information content (AvgIpc) is 2.55. The van der Waals surface area contributed by atoms with Gasteiger partial charge >= 0.3 is 0 Å². The monoisotopic (exact) mass is 322 g/mol. The number of fused-ring (bicyclic) bond motifs is 2. The van der Waals surface area contributed by atoms with E-state index in [-0.39, 0.29) is 5.91 Å². The molecule has 1 amide bonds. The Hall–Kier alpha value is -2.43. The van der Waals surface area contributed by atoms with Crippen LogP contribution in [0.1, 0.15) is 23.2 Å². The van der Waals surface area contributed by atoms with E-state index in [0.717, 1.165) is 36.6 Å². The van der Waals surface area contributed by atoms with Crippen LogP contribution in [0.15, 0.2) is 36.7 Å². The molecule has 5 heteroatoms. The van der Waals surface area contributed by atoms with E-state index in [0.29, 0.717) is 18.5 Å². The van der Waals surface area contributed by atoms with Crippen molar-refractivity contribution in [3.8, 4) is 0 Å². The van der Waals surface area contributed by atoms with E-state index in [2.05, 4.69) is 38.8 Å². The number of benzene rings is 1. The lowest BCUT2D eigenvalue weighted by atomic mass is 9.86. The molecular weight excluding hydrogens is 300 g/mol. The molecule has 3 saturated heterocycles. The fraction of sp³-hybridized carbons (Fsp3) is 0.421. The number of nitrogens with zero attached hydrogens (tertiary/aromatic N) is 4. The average molecular weight is 322 g/mol. The molecule has 0 radical (unpaired) electrons. The first-order valence-corrected chi connectivity index (χ1v) is 8.50. The van der Waals surface area contributed by atoms with E-state index < -0.39 is 0 Å². The zero-order valence-electron chi connectivity index (χ0n) is 14.1. The lowest BCUT2D eigenvalue weighted by molar-refractivity contribution is -0.145. The fourth-order valence-corrected chi connectivity index (χ4v) is 3.91. The quantitative estimate of drug-likeness (QED) is 0.868. The van der Waals surface area contributed by atoms with Gasteiger partial charge in [0.2, 0.25) is 5.91 Å². The predicted octanol–water partition coefficient (Wildman–Crippen LogP) is 2.13. The van der Waals surface area contributed by atoms with Gasteiger partial charge in [-0.3, -0.25) is 4.79 Å². The van der Waals surface area contributed by atoms with Crippen molar-refractivity contribution < 1.29 is 4.79 Å². The maximum atomic E-state index is 12.7. The van der Waals surface area contributed by atoms with Crippen molar-refractivity contribution >= 4 is 11.7 Å². The summed E-state index contributed by atoms with van der Waals surface area (Å²) < 4.78 is 0. The van der Waals surface area contributed by atoms with Crippen LogP contribution in [0.25, 0.3) is 0 Å². The number of carbonyl (C=O) groups excluding carboxylic acids is 1. The van der Waals surface area contributed by atoms with Crippen LogP contribution in [0.4, 0.5) is 5.82 Å². The van der Waals surface area contributed by atoms with Crippen molar-refractivity contribution in [2.75, 3.05) is 18.0 Å². The van der Waals surface area contributed by atoms with E-state index >= 15 is 0 Å². The van der Waals surface area contributed by atoms with Crippen LogP contribution in [0.2, 0.25) is 0 Å². The molecule has 2 aromatic rings. The number of amides is 1. The Morgan fingerprint density at radius 1 is 1.17 bits per heavy atom. The van der Waals surface area contributed by atoms with Gasteiger partial charge in [-0.25, -0.2) is 9.97 Å². The van der Waals surface area contributed by atoms with Gasteiger partial charge in [-0.2, -0.15) is 0 Å². The van der Waals surface area contributed by atoms with Gasteiger partial charge in [-0.15, -0.1) is 0 Å². The molecule has 3 aliphatic heterocycles. The third-order valence-corrected chi connectivity index (χ3v) is 5.03.